The summed E-state index contributed by atoms with van der Waals surface area (Å²) in [5.41, 5.74) is 1.21. The molecule has 19 heavy (non-hydrogen) atoms. The third kappa shape index (κ3) is 3.15. The predicted molar refractivity (Wildman–Crippen MR) is 75.7 cm³/mol. The van der Waals surface area contributed by atoms with Gasteiger partial charge in [0.15, 0.2) is 0 Å². The van der Waals surface area contributed by atoms with Crippen molar-refractivity contribution >= 4 is 0 Å². The lowest BCUT2D eigenvalue weighted by Gasteiger charge is -2.52. The Kier molecular flexibility index (Phi) is 4.26. The first-order valence-electron chi connectivity index (χ1n) is 6.96. The van der Waals surface area contributed by atoms with Crippen LogP contribution >= 0.6 is 0 Å². The minimum absolute atomic E-state index is 0.159. The first-order valence-corrected chi connectivity index (χ1v) is 6.96. The first kappa shape index (κ1) is 14.5. The molecule has 1 aliphatic carbocycles. The van der Waals surface area contributed by atoms with E-state index in [1.54, 1.807) is 19.2 Å². The van der Waals surface area contributed by atoms with Gasteiger partial charge in [0.2, 0.25) is 0 Å². The number of ether oxygens (including phenoxy) is 1. The monoisotopic (exact) mass is 265 g/mol. The summed E-state index contributed by atoms with van der Waals surface area (Å²) in [5.74, 6) is -0.159. The van der Waals surface area contributed by atoms with Gasteiger partial charge in [-0.05, 0) is 37.5 Å². The van der Waals surface area contributed by atoms with Gasteiger partial charge in [-0.3, -0.25) is 0 Å². The zero-order chi connectivity index (χ0) is 14.0. The molecule has 0 aliphatic heterocycles. The molecule has 3 heteroatoms. The van der Waals surface area contributed by atoms with Gasteiger partial charge in [-0.25, -0.2) is 4.39 Å². The van der Waals surface area contributed by atoms with E-state index in [-0.39, 0.29) is 11.2 Å². The Balaban J connectivity index is 1.87. The van der Waals surface area contributed by atoms with Crippen molar-refractivity contribution in [3.05, 3.63) is 35.6 Å². The second-order valence-corrected chi connectivity index (χ2v) is 6.24. The van der Waals surface area contributed by atoms with Gasteiger partial charge in [0.25, 0.3) is 0 Å². The van der Waals surface area contributed by atoms with Gasteiger partial charge in [0.1, 0.15) is 5.82 Å². The molecule has 1 aromatic carbocycles. The largest absolute Gasteiger partial charge is 0.381 e. The highest BCUT2D eigenvalue weighted by atomic mass is 19.1. The zero-order valence-corrected chi connectivity index (χ0v) is 12.2. The van der Waals surface area contributed by atoms with Crippen LogP contribution < -0.4 is 5.32 Å². The second-order valence-electron chi connectivity index (χ2n) is 6.24. The number of hydrogen-bond donors (Lipinski definition) is 1. The molecule has 1 N–H and O–H groups in total. The molecule has 1 aromatic rings. The Morgan fingerprint density at radius 3 is 2.79 bits per heavy atom. The molecule has 0 saturated heterocycles. The van der Waals surface area contributed by atoms with Crippen LogP contribution in [0.15, 0.2) is 24.3 Å². The summed E-state index contributed by atoms with van der Waals surface area (Å²) in [7, 11) is 1.78. The SMILES string of the molecule is COC1CC(NC(C)Cc2cccc(F)c2)C1(C)C. The van der Waals surface area contributed by atoms with E-state index in [0.717, 1.165) is 18.4 Å². The van der Waals surface area contributed by atoms with Crippen molar-refractivity contribution < 1.29 is 9.13 Å². The zero-order valence-electron chi connectivity index (χ0n) is 12.2. The topological polar surface area (TPSA) is 21.3 Å². The molecule has 0 radical (unpaired) electrons. The van der Waals surface area contributed by atoms with Crippen molar-refractivity contribution in [2.24, 2.45) is 5.41 Å². The molecule has 0 heterocycles. The van der Waals surface area contributed by atoms with Crippen molar-refractivity contribution in [1.82, 2.24) is 5.32 Å². The summed E-state index contributed by atoms with van der Waals surface area (Å²) in [6.07, 6.45) is 2.24. The number of halogens is 1. The van der Waals surface area contributed by atoms with Gasteiger partial charge in [-0.15, -0.1) is 0 Å². The van der Waals surface area contributed by atoms with Crippen molar-refractivity contribution in [2.75, 3.05) is 7.11 Å². The molecule has 0 spiro atoms. The van der Waals surface area contributed by atoms with Crippen molar-refractivity contribution in [3.8, 4) is 0 Å². The molecular formula is C16H24FNO. The van der Waals surface area contributed by atoms with Crippen LogP contribution in [0.5, 0.6) is 0 Å². The minimum atomic E-state index is -0.159. The smallest absolute Gasteiger partial charge is 0.123 e. The molecule has 1 saturated carbocycles. The average Bonchev–Trinajstić information content (AvgIpc) is 2.34. The summed E-state index contributed by atoms with van der Waals surface area (Å²) in [6, 6.07) is 7.66. The van der Waals surface area contributed by atoms with Crippen LogP contribution in [0.3, 0.4) is 0 Å². The molecular weight excluding hydrogens is 241 g/mol. The lowest BCUT2D eigenvalue weighted by atomic mass is 9.64. The van der Waals surface area contributed by atoms with Gasteiger partial charge in [-0.1, -0.05) is 26.0 Å². The second kappa shape index (κ2) is 5.59. The minimum Gasteiger partial charge on any atom is -0.381 e. The van der Waals surface area contributed by atoms with Crippen LogP contribution in [0.4, 0.5) is 4.39 Å². The van der Waals surface area contributed by atoms with E-state index in [1.165, 1.54) is 6.07 Å². The summed E-state index contributed by atoms with van der Waals surface area (Å²) < 4.78 is 18.6. The number of methoxy groups -OCH3 is 1. The van der Waals surface area contributed by atoms with Gasteiger partial charge in [-0.2, -0.15) is 0 Å². The molecule has 3 atom stereocenters. The van der Waals surface area contributed by atoms with Gasteiger partial charge >= 0.3 is 0 Å². The standard InChI is InChI=1S/C16H24FNO/c1-11(8-12-6-5-7-13(17)9-12)18-14-10-15(19-4)16(14,2)3/h5-7,9,11,14-15,18H,8,10H2,1-4H3. The highest BCUT2D eigenvalue weighted by molar-refractivity contribution is 5.17. The molecule has 2 rings (SSSR count). The van der Waals surface area contributed by atoms with Crippen molar-refractivity contribution in [3.63, 3.8) is 0 Å². The number of nitrogens with one attached hydrogen (secondary N) is 1. The van der Waals surface area contributed by atoms with Crippen molar-refractivity contribution in [1.29, 1.82) is 0 Å². The maximum absolute atomic E-state index is 13.1. The summed E-state index contributed by atoms with van der Waals surface area (Å²) >= 11 is 0. The Bertz CT molecular complexity index is 433. The van der Waals surface area contributed by atoms with E-state index in [9.17, 15) is 4.39 Å². The molecule has 2 nitrogen and oxygen atoms in total. The maximum Gasteiger partial charge on any atom is 0.123 e. The Morgan fingerprint density at radius 1 is 1.47 bits per heavy atom. The van der Waals surface area contributed by atoms with Crippen LogP contribution in [0.1, 0.15) is 32.8 Å². The Morgan fingerprint density at radius 2 is 2.21 bits per heavy atom. The van der Waals surface area contributed by atoms with E-state index in [0.29, 0.717) is 18.2 Å². The van der Waals surface area contributed by atoms with E-state index in [4.69, 9.17) is 4.74 Å². The van der Waals surface area contributed by atoms with Gasteiger partial charge < -0.3 is 10.1 Å². The fourth-order valence-electron chi connectivity index (χ4n) is 2.99. The third-order valence-corrected chi connectivity index (χ3v) is 4.38. The number of rotatable bonds is 5. The number of hydrogen-bond acceptors (Lipinski definition) is 2. The summed E-state index contributed by atoms with van der Waals surface area (Å²) in [4.78, 5) is 0. The highest BCUT2D eigenvalue weighted by Gasteiger charge is 2.48. The van der Waals surface area contributed by atoms with Gasteiger partial charge in [0, 0.05) is 24.6 Å². The predicted octanol–water partition coefficient (Wildman–Crippen LogP) is 3.16. The molecule has 3 unspecified atom stereocenters. The normalized spacial score (nSPS) is 26.8. The average molecular weight is 265 g/mol. The Hall–Kier alpha value is -0.930. The van der Waals surface area contributed by atoms with E-state index >= 15 is 0 Å². The Labute approximate surface area is 115 Å². The summed E-state index contributed by atoms with van der Waals surface area (Å²) in [5, 5.41) is 3.64. The molecule has 0 amide bonds. The number of benzene rings is 1. The van der Waals surface area contributed by atoms with Crippen LogP contribution in [0, 0.1) is 11.2 Å². The lowest BCUT2D eigenvalue weighted by Crippen LogP contribution is -2.62. The van der Waals surface area contributed by atoms with E-state index in [2.05, 4.69) is 26.1 Å². The van der Waals surface area contributed by atoms with Crippen LogP contribution in [-0.4, -0.2) is 25.3 Å². The van der Waals surface area contributed by atoms with Crippen molar-refractivity contribution in [2.45, 2.75) is 51.8 Å². The molecule has 1 aliphatic rings. The maximum atomic E-state index is 13.1. The molecule has 1 fully saturated rings. The quantitative estimate of drug-likeness (QED) is 0.883. The van der Waals surface area contributed by atoms with Crippen LogP contribution in [-0.2, 0) is 11.2 Å². The van der Waals surface area contributed by atoms with E-state index < -0.39 is 0 Å². The molecule has 0 aromatic heterocycles. The molecule has 0 bridgehead atoms. The highest BCUT2D eigenvalue weighted by Crippen LogP contribution is 2.42. The molecule has 106 valence electrons. The summed E-state index contributed by atoms with van der Waals surface area (Å²) in [6.45, 7) is 6.62. The van der Waals surface area contributed by atoms with Crippen LogP contribution in [0.2, 0.25) is 0 Å². The third-order valence-electron chi connectivity index (χ3n) is 4.38. The fraction of sp³-hybridized carbons (Fsp3) is 0.625. The van der Waals surface area contributed by atoms with Gasteiger partial charge in [0.05, 0.1) is 6.10 Å². The lowest BCUT2D eigenvalue weighted by molar-refractivity contribution is -0.0997. The van der Waals surface area contributed by atoms with Crippen LogP contribution in [0.25, 0.3) is 0 Å². The first-order chi connectivity index (χ1) is 8.93. The fourth-order valence-corrected chi connectivity index (χ4v) is 2.99. The van der Waals surface area contributed by atoms with E-state index in [1.807, 2.05) is 6.07 Å².